The molecule has 2 aliphatic heterocycles. The molecule has 112 valence electrons. The predicted octanol–water partition coefficient (Wildman–Crippen LogP) is -0.356. The highest BCUT2D eigenvalue weighted by atomic mass is 16.3. The molecular formula is C13H21N3O4. The third-order valence-corrected chi connectivity index (χ3v) is 3.91. The molecule has 20 heavy (non-hydrogen) atoms. The highest BCUT2D eigenvalue weighted by Gasteiger charge is 2.33. The minimum absolute atomic E-state index is 0.000366. The Hall–Kier alpha value is -1.63. The fourth-order valence-electron chi connectivity index (χ4n) is 2.77. The molecule has 0 saturated carbocycles. The van der Waals surface area contributed by atoms with Gasteiger partial charge in [0.1, 0.15) is 6.54 Å². The number of carbonyl (C=O) groups excluding carboxylic acids is 3. The first-order chi connectivity index (χ1) is 9.54. The summed E-state index contributed by atoms with van der Waals surface area (Å²) in [7, 11) is 1.58. The highest BCUT2D eigenvalue weighted by Crippen LogP contribution is 2.18. The van der Waals surface area contributed by atoms with Crippen LogP contribution >= 0.6 is 0 Å². The van der Waals surface area contributed by atoms with Gasteiger partial charge in [0.15, 0.2) is 0 Å². The number of likely N-dealkylation sites (tertiary alicyclic amines) is 1. The van der Waals surface area contributed by atoms with Crippen LogP contribution in [-0.4, -0.2) is 77.0 Å². The molecule has 7 heteroatoms. The molecule has 0 aliphatic carbocycles. The molecule has 0 aromatic heterocycles. The van der Waals surface area contributed by atoms with Crippen molar-refractivity contribution in [2.45, 2.75) is 31.7 Å². The van der Waals surface area contributed by atoms with E-state index in [9.17, 15) is 19.5 Å². The van der Waals surface area contributed by atoms with E-state index in [-0.39, 0.29) is 43.6 Å². The number of urea groups is 1. The largest absolute Gasteiger partial charge is 0.394 e. The number of hydrogen-bond acceptors (Lipinski definition) is 4. The summed E-state index contributed by atoms with van der Waals surface area (Å²) in [6.45, 7) is 1.09. The molecule has 0 unspecified atom stereocenters. The SMILES string of the molecule is CN1CC(=O)N(CCCC(=O)N2CCC[C@@H]2CO)C1=O. The number of hydrogen-bond donors (Lipinski definition) is 1. The van der Waals surface area contributed by atoms with Gasteiger partial charge in [-0.2, -0.15) is 0 Å². The van der Waals surface area contributed by atoms with Crippen LogP contribution in [0, 0.1) is 0 Å². The molecular weight excluding hydrogens is 262 g/mol. The highest BCUT2D eigenvalue weighted by molar-refractivity contribution is 6.01. The molecule has 0 bridgehead atoms. The zero-order valence-corrected chi connectivity index (χ0v) is 11.7. The van der Waals surface area contributed by atoms with Gasteiger partial charge in [0.05, 0.1) is 12.6 Å². The van der Waals surface area contributed by atoms with E-state index in [0.717, 1.165) is 12.8 Å². The van der Waals surface area contributed by atoms with Gasteiger partial charge in [-0.3, -0.25) is 14.5 Å². The molecule has 0 aromatic rings. The topological polar surface area (TPSA) is 81.2 Å². The fourth-order valence-corrected chi connectivity index (χ4v) is 2.77. The lowest BCUT2D eigenvalue weighted by Gasteiger charge is -2.23. The Bertz CT molecular complexity index is 412. The summed E-state index contributed by atoms with van der Waals surface area (Å²) >= 11 is 0. The Kier molecular flexibility index (Phi) is 4.59. The standard InChI is InChI=1S/C13H21N3O4/c1-14-8-12(19)16(13(14)20)7-3-5-11(18)15-6-2-4-10(15)9-17/h10,17H,2-9H2,1H3/t10-/m1/s1. The molecule has 2 aliphatic rings. The Morgan fingerprint density at radius 3 is 2.75 bits per heavy atom. The van der Waals surface area contributed by atoms with Crippen molar-refractivity contribution < 1.29 is 19.5 Å². The van der Waals surface area contributed by atoms with Crippen LogP contribution in [0.3, 0.4) is 0 Å². The van der Waals surface area contributed by atoms with E-state index >= 15 is 0 Å². The van der Waals surface area contributed by atoms with Gasteiger partial charge in [-0.05, 0) is 19.3 Å². The molecule has 0 aromatic carbocycles. The van der Waals surface area contributed by atoms with Crippen LogP contribution in [0.25, 0.3) is 0 Å². The van der Waals surface area contributed by atoms with Crippen molar-refractivity contribution in [3.05, 3.63) is 0 Å². The molecule has 0 spiro atoms. The van der Waals surface area contributed by atoms with Gasteiger partial charge in [-0.1, -0.05) is 0 Å². The van der Waals surface area contributed by atoms with Gasteiger partial charge in [0.2, 0.25) is 11.8 Å². The quantitative estimate of drug-likeness (QED) is 0.699. The first kappa shape index (κ1) is 14.8. The molecule has 4 amide bonds. The molecule has 2 heterocycles. The summed E-state index contributed by atoms with van der Waals surface area (Å²) < 4.78 is 0. The maximum Gasteiger partial charge on any atom is 0.326 e. The van der Waals surface area contributed by atoms with E-state index in [2.05, 4.69) is 0 Å². The van der Waals surface area contributed by atoms with Gasteiger partial charge in [-0.15, -0.1) is 0 Å². The van der Waals surface area contributed by atoms with E-state index in [0.29, 0.717) is 19.4 Å². The normalized spacial score (nSPS) is 23.1. The fraction of sp³-hybridized carbons (Fsp3) is 0.769. The number of aliphatic hydroxyl groups is 1. The van der Waals surface area contributed by atoms with Crippen LogP contribution in [0.5, 0.6) is 0 Å². The van der Waals surface area contributed by atoms with E-state index in [1.807, 2.05) is 0 Å². The van der Waals surface area contributed by atoms with E-state index in [4.69, 9.17) is 0 Å². The number of likely N-dealkylation sites (N-methyl/N-ethyl adjacent to an activating group) is 1. The molecule has 0 radical (unpaired) electrons. The maximum atomic E-state index is 12.0. The average molecular weight is 283 g/mol. The number of carbonyl (C=O) groups is 3. The van der Waals surface area contributed by atoms with Gasteiger partial charge in [0.25, 0.3) is 0 Å². The van der Waals surface area contributed by atoms with Crippen molar-refractivity contribution >= 4 is 17.8 Å². The molecule has 1 atom stereocenters. The Labute approximate surface area is 118 Å². The van der Waals surface area contributed by atoms with Crippen molar-refractivity contribution in [2.24, 2.45) is 0 Å². The number of rotatable bonds is 5. The van der Waals surface area contributed by atoms with E-state index < -0.39 is 0 Å². The Balaban J connectivity index is 1.77. The lowest BCUT2D eigenvalue weighted by atomic mass is 10.2. The minimum atomic E-state index is -0.295. The van der Waals surface area contributed by atoms with Crippen molar-refractivity contribution in [1.82, 2.24) is 14.7 Å². The van der Waals surface area contributed by atoms with Crippen LogP contribution in [0.1, 0.15) is 25.7 Å². The van der Waals surface area contributed by atoms with Crippen molar-refractivity contribution in [1.29, 1.82) is 0 Å². The van der Waals surface area contributed by atoms with Crippen LogP contribution in [0.15, 0.2) is 0 Å². The van der Waals surface area contributed by atoms with Crippen molar-refractivity contribution in [2.75, 3.05) is 33.3 Å². The summed E-state index contributed by atoms with van der Waals surface area (Å²) in [6, 6.07) is -0.361. The second-order valence-corrected chi connectivity index (χ2v) is 5.35. The van der Waals surface area contributed by atoms with Crippen LogP contribution in [0.4, 0.5) is 4.79 Å². The molecule has 7 nitrogen and oxygen atoms in total. The minimum Gasteiger partial charge on any atom is -0.394 e. The van der Waals surface area contributed by atoms with Gasteiger partial charge < -0.3 is 14.9 Å². The summed E-state index contributed by atoms with van der Waals surface area (Å²) in [4.78, 5) is 39.5. The van der Waals surface area contributed by atoms with Gasteiger partial charge in [-0.25, -0.2) is 4.79 Å². The molecule has 2 fully saturated rings. The second-order valence-electron chi connectivity index (χ2n) is 5.35. The van der Waals surface area contributed by atoms with Crippen molar-refractivity contribution in [3.8, 4) is 0 Å². The smallest absolute Gasteiger partial charge is 0.326 e. The van der Waals surface area contributed by atoms with Crippen LogP contribution in [-0.2, 0) is 9.59 Å². The summed E-state index contributed by atoms with van der Waals surface area (Å²) in [5.41, 5.74) is 0. The van der Waals surface area contributed by atoms with Crippen molar-refractivity contribution in [3.63, 3.8) is 0 Å². The maximum absolute atomic E-state index is 12.0. The zero-order chi connectivity index (χ0) is 14.7. The summed E-state index contributed by atoms with van der Waals surface area (Å²) in [5.74, 6) is -0.214. The number of nitrogens with zero attached hydrogens (tertiary/aromatic N) is 3. The predicted molar refractivity (Wildman–Crippen MR) is 70.8 cm³/mol. The third-order valence-electron chi connectivity index (χ3n) is 3.91. The Morgan fingerprint density at radius 1 is 1.40 bits per heavy atom. The number of imide groups is 1. The molecule has 2 saturated heterocycles. The summed E-state index contributed by atoms with van der Waals surface area (Å²) in [5, 5.41) is 9.19. The molecule has 2 rings (SSSR count). The summed E-state index contributed by atoms with van der Waals surface area (Å²) in [6.07, 6.45) is 2.54. The van der Waals surface area contributed by atoms with Crippen LogP contribution in [0.2, 0.25) is 0 Å². The second kappa shape index (κ2) is 6.21. The first-order valence-corrected chi connectivity index (χ1v) is 7.00. The average Bonchev–Trinajstić information content (AvgIpc) is 2.98. The number of aliphatic hydroxyl groups excluding tert-OH is 1. The zero-order valence-electron chi connectivity index (χ0n) is 11.7. The number of amides is 4. The monoisotopic (exact) mass is 283 g/mol. The van der Waals surface area contributed by atoms with E-state index in [1.165, 1.54) is 9.80 Å². The van der Waals surface area contributed by atoms with Crippen LogP contribution < -0.4 is 0 Å². The van der Waals surface area contributed by atoms with Gasteiger partial charge in [0, 0.05) is 26.6 Å². The lowest BCUT2D eigenvalue weighted by Crippen LogP contribution is -2.38. The lowest BCUT2D eigenvalue weighted by molar-refractivity contribution is -0.133. The van der Waals surface area contributed by atoms with E-state index in [1.54, 1.807) is 11.9 Å². The van der Waals surface area contributed by atoms with Gasteiger partial charge >= 0.3 is 6.03 Å². The first-order valence-electron chi connectivity index (χ1n) is 7.00. The Morgan fingerprint density at radius 2 is 2.15 bits per heavy atom. The molecule has 1 N–H and O–H groups in total. The third kappa shape index (κ3) is 2.92.